The van der Waals surface area contributed by atoms with E-state index in [1.807, 2.05) is 0 Å². The monoisotopic (exact) mass is 260 g/mol. The SMILES string of the molecule is OC1CC(CNCc2ccccc2N2CCCC2)C1. The number of hydrogen-bond acceptors (Lipinski definition) is 3. The highest BCUT2D eigenvalue weighted by Crippen LogP contribution is 2.27. The quantitative estimate of drug-likeness (QED) is 0.851. The zero-order valence-electron chi connectivity index (χ0n) is 11.5. The summed E-state index contributed by atoms with van der Waals surface area (Å²) >= 11 is 0. The maximum Gasteiger partial charge on any atom is 0.0546 e. The van der Waals surface area contributed by atoms with Crippen LogP contribution in [0.5, 0.6) is 0 Å². The van der Waals surface area contributed by atoms with Gasteiger partial charge in [-0.2, -0.15) is 0 Å². The second-order valence-electron chi connectivity index (χ2n) is 5.95. The number of benzene rings is 1. The third-order valence-corrected chi connectivity index (χ3v) is 4.40. The van der Waals surface area contributed by atoms with Crippen LogP contribution in [0.2, 0.25) is 0 Å². The lowest BCUT2D eigenvalue weighted by atomic mass is 9.82. The molecule has 0 aromatic heterocycles. The van der Waals surface area contributed by atoms with Gasteiger partial charge in [0.1, 0.15) is 0 Å². The molecule has 19 heavy (non-hydrogen) atoms. The molecule has 0 atom stereocenters. The van der Waals surface area contributed by atoms with Gasteiger partial charge in [-0.3, -0.25) is 0 Å². The zero-order valence-corrected chi connectivity index (χ0v) is 11.5. The summed E-state index contributed by atoms with van der Waals surface area (Å²) in [4.78, 5) is 2.50. The first-order valence-corrected chi connectivity index (χ1v) is 7.54. The molecule has 2 N–H and O–H groups in total. The fourth-order valence-corrected chi connectivity index (χ4v) is 3.20. The van der Waals surface area contributed by atoms with Crippen molar-refractivity contribution in [2.45, 2.75) is 38.3 Å². The highest BCUT2D eigenvalue weighted by Gasteiger charge is 2.26. The van der Waals surface area contributed by atoms with Crippen molar-refractivity contribution in [1.29, 1.82) is 0 Å². The maximum absolute atomic E-state index is 9.29. The van der Waals surface area contributed by atoms with Gasteiger partial charge in [-0.05, 0) is 49.8 Å². The zero-order chi connectivity index (χ0) is 13.1. The molecule has 1 aromatic rings. The highest BCUT2D eigenvalue weighted by molar-refractivity contribution is 5.54. The highest BCUT2D eigenvalue weighted by atomic mass is 16.3. The summed E-state index contributed by atoms with van der Waals surface area (Å²) in [6, 6.07) is 8.74. The van der Waals surface area contributed by atoms with Crippen LogP contribution in [0.4, 0.5) is 5.69 Å². The molecular weight excluding hydrogens is 236 g/mol. The van der Waals surface area contributed by atoms with Crippen LogP contribution in [0.25, 0.3) is 0 Å². The summed E-state index contributed by atoms with van der Waals surface area (Å²) in [5.41, 5.74) is 2.81. The van der Waals surface area contributed by atoms with Crippen molar-refractivity contribution < 1.29 is 5.11 Å². The Hall–Kier alpha value is -1.06. The molecule has 1 aliphatic carbocycles. The van der Waals surface area contributed by atoms with Gasteiger partial charge in [-0.25, -0.2) is 0 Å². The first-order valence-electron chi connectivity index (χ1n) is 7.54. The van der Waals surface area contributed by atoms with Gasteiger partial charge in [0.05, 0.1) is 6.10 Å². The lowest BCUT2D eigenvalue weighted by Gasteiger charge is -2.31. The maximum atomic E-state index is 9.29. The van der Waals surface area contributed by atoms with Gasteiger partial charge in [-0.1, -0.05) is 18.2 Å². The average molecular weight is 260 g/mol. The van der Waals surface area contributed by atoms with Crippen LogP contribution in [0, 0.1) is 5.92 Å². The molecule has 0 spiro atoms. The van der Waals surface area contributed by atoms with Gasteiger partial charge in [-0.15, -0.1) is 0 Å². The number of rotatable bonds is 5. The van der Waals surface area contributed by atoms with Crippen LogP contribution < -0.4 is 10.2 Å². The lowest BCUT2D eigenvalue weighted by Crippen LogP contribution is -2.36. The molecule has 0 amide bonds. The first kappa shape index (κ1) is 12.9. The van der Waals surface area contributed by atoms with E-state index in [2.05, 4.69) is 34.5 Å². The Kier molecular flexibility index (Phi) is 4.04. The minimum absolute atomic E-state index is 0.0383. The smallest absolute Gasteiger partial charge is 0.0546 e. The van der Waals surface area contributed by atoms with E-state index in [4.69, 9.17) is 0 Å². The van der Waals surface area contributed by atoms with Gasteiger partial charge in [0.15, 0.2) is 0 Å². The molecule has 3 heteroatoms. The van der Waals surface area contributed by atoms with Crippen molar-refractivity contribution >= 4 is 5.69 Å². The van der Waals surface area contributed by atoms with E-state index in [1.165, 1.54) is 37.2 Å². The second kappa shape index (κ2) is 5.93. The topological polar surface area (TPSA) is 35.5 Å². The largest absolute Gasteiger partial charge is 0.393 e. The van der Waals surface area contributed by atoms with E-state index >= 15 is 0 Å². The van der Waals surface area contributed by atoms with Crippen LogP contribution >= 0.6 is 0 Å². The molecule has 104 valence electrons. The minimum Gasteiger partial charge on any atom is -0.393 e. The van der Waals surface area contributed by atoms with Crippen LogP contribution in [-0.4, -0.2) is 30.8 Å². The molecule has 1 heterocycles. The molecule has 2 aliphatic rings. The Morgan fingerprint density at radius 2 is 1.89 bits per heavy atom. The van der Waals surface area contributed by atoms with Crippen molar-refractivity contribution in [2.24, 2.45) is 5.92 Å². The summed E-state index contributed by atoms with van der Waals surface area (Å²) in [5.74, 6) is 0.675. The van der Waals surface area contributed by atoms with Crippen LogP contribution in [0.1, 0.15) is 31.2 Å². The van der Waals surface area contributed by atoms with E-state index in [0.717, 1.165) is 25.9 Å². The summed E-state index contributed by atoms with van der Waals surface area (Å²) in [6.45, 7) is 4.38. The van der Waals surface area contributed by atoms with Gasteiger partial charge in [0, 0.05) is 25.3 Å². The molecule has 3 rings (SSSR count). The van der Waals surface area contributed by atoms with Crippen molar-refractivity contribution in [3.63, 3.8) is 0 Å². The lowest BCUT2D eigenvalue weighted by molar-refractivity contribution is 0.0430. The molecular formula is C16H24N2O. The van der Waals surface area contributed by atoms with E-state index in [0.29, 0.717) is 5.92 Å². The van der Waals surface area contributed by atoms with Gasteiger partial charge in [0.25, 0.3) is 0 Å². The van der Waals surface area contributed by atoms with Gasteiger partial charge >= 0.3 is 0 Å². The number of anilines is 1. The number of para-hydroxylation sites is 1. The van der Waals surface area contributed by atoms with Crippen molar-refractivity contribution in [3.05, 3.63) is 29.8 Å². The Morgan fingerprint density at radius 1 is 1.16 bits per heavy atom. The molecule has 1 aliphatic heterocycles. The van der Waals surface area contributed by atoms with Crippen LogP contribution in [0.3, 0.4) is 0 Å². The third-order valence-electron chi connectivity index (χ3n) is 4.40. The summed E-state index contributed by atoms with van der Waals surface area (Å²) < 4.78 is 0. The summed E-state index contributed by atoms with van der Waals surface area (Å²) in [7, 11) is 0. The molecule has 2 fully saturated rings. The predicted octanol–water partition coefficient (Wildman–Crippen LogP) is 2.15. The summed E-state index contributed by atoms with van der Waals surface area (Å²) in [6.07, 6.45) is 4.55. The van der Waals surface area contributed by atoms with Crippen molar-refractivity contribution in [3.8, 4) is 0 Å². The number of aliphatic hydroxyl groups is 1. The Balaban J connectivity index is 1.54. The minimum atomic E-state index is -0.0383. The second-order valence-corrected chi connectivity index (χ2v) is 5.95. The van der Waals surface area contributed by atoms with Crippen molar-refractivity contribution in [2.75, 3.05) is 24.5 Å². The Bertz CT molecular complexity index is 409. The first-order chi connectivity index (χ1) is 9.33. The number of aliphatic hydroxyl groups excluding tert-OH is 1. The van der Waals surface area contributed by atoms with Crippen LogP contribution in [-0.2, 0) is 6.54 Å². The normalized spacial score (nSPS) is 26.5. The molecule has 0 bridgehead atoms. The molecule has 0 radical (unpaired) electrons. The number of hydrogen-bond donors (Lipinski definition) is 2. The van der Waals surface area contributed by atoms with E-state index < -0.39 is 0 Å². The van der Waals surface area contributed by atoms with Gasteiger partial charge in [0.2, 0.25) is 0 Å². The van der Waals surface area contributed by atoms with Gasteiger partial charge < -0.3 is 15.3 Å². The predicted molar refractivity (Wildman–Crippen MR) is 78.3 cm³/mol. The van der Waals surface area contributed by atoms with E-state index in [-0.39, 0.29) is 6.10 Å². The average Bonchev–Trinajstić information content (AvgIpc) is 2.91. The van der Waals surface area contributed by atoms with E-state index in [1.54, 1.807) is 0 Å². The van der Waals surface area contributed by atoms with Crippen LogP contribution in [0.15, 0.2) is 24.3 Å². The summed E-state index contributed by atoms with van der Waals surface area (Å²) in [5, 5.41) is 12.8. The molecule has 1 aromatic carbocycles. The molecule has 3 nitrogen and oxygen atoms in total. The number of nitrogens with one attached hydrogen (secondary N) is 1. The molecule has 1 saturated carbocycles. The number of nitrogens with zero attached hydrogens (tertiary/aromatic N) is 1. The molecule has 0 unspecified atom stereocenters. The fourth-order valence-electron chi connectivity index (χ4n) is 3.20. The Labute approximate surface area is 115 Å². The Morgan fingerprint density at radius 3 is 2.63 bits per heavy atom. The standard InChI is InChI=1S/C16H24N2O/c19-15-9-13(10-15)11-17-12-14-5-1-2-6-16(14)18-7-3-4-8-18/h1-2,5-6,13,15,17,19H,3-4,7-12H2. The fraction of sp³-hybridized carbons (Fsp3) is 0.625. The molecule has 1 saturated heterocycles. The van der Waals surface area contributed by atoms with E-state index in [9.17, 15) is 5.11 Å². The third kappa shape index (κ3) is 3.10. The van der Waals surface area contributed by atoms with Crippen molar-refractivity contribution in [1.82, 2.24) is 5.32 Å².